The maximum atomic E-state index is 13.0. The minimum Gasteiger partial charge on any atom is -0.378 e. The predicted octanol–water partition coefficient (Wildman–Crippen LogP) is 3.89. The number of anilines is 2. The number of alkyl halides is 3. The molecule has 184 valence electrons. The molecular weight excluding hydrogens is 481 g/mol. The van der Waals surface area contributed by atoms with Gasteiger partial charge in [0.05, 0.1) is 46.6 Å². The number of aryl methyl sites for hydroxylation is 1. The van der Waals surface area contributed by atoms with E-state index in [1.807, 2.05) is 29.8 Å². The largest absolute Gasteiger partial charge is 0.416 e. The number of benzene rings is 2. The number of fused-ring (bicyclic) bond motifs is 2. The number of nitrogens with one attached hydrogen (secondary N) is 2. The molecule has 12 heteroatoms. The van der Waals surface area contributed by atoms with Gasteiger partial charge < -0.3 is 24.8 Å². The van der Waals surface area contributed by atoms with Gasteiger partial charge in [0.2, 0.25) is 11.9 Å². The Kier molecular flexibility index (Phi) is 6.34. The SMILES string of the molecule is Cn1c(Nc2nc3ccc(C(F)(F)F)cc3s2)nc2cc(CNCC(=O)N3CCOCC3)ccc21. The highest BCUT2D eigenvalue weighted by molar-refractivity contribution is 7.22. The van der Waals surface area contributed by atoms with Crippen LogP contribution in [0.4, 0.5) is 24.3 Å². The zero-order valence-electron chi connectivity index (χ0n) is 18.9. The number of thiazole rings is 1. The van der Waals surface area contributed by atoms with E-state index in [-0.39, 0.29) is 12.5 Å². The van der Waals surface area contributed by atoms with Crippen LogP contribution in [0.25, 0.3) is 21.3 Å². The van der Waals surface area contributed by atoms with E-state index >= 15 is 0 Å². The zero-order valence-corrected chi connectivity index (χ0v) is 19.7. The van der Waals surface area contributed by atoms with Crippen molar-refractivity contribution < 1.29 is 22.7 Å². The summed E-state index contributed by atoms with van der Waals surface area (Å²) in [7, 11) is 1.85. The first-order valence-electron chi connectivity index (χ1n) is 11.0. The highest BCUT2D eigenvalue weighted by Crippen LogP contribution is 2.35. The third kappa shape index (κ3) is 5.09. The second-order valence-corrected chi connectivity index (χ2v) is 9.27. The van der Waals surface area contributed by atoms with E-state index in [4.69, 9.17) is 4.74 Å². The van der Waals surface area contributed by atoms with Crippen LogP contribution in [0.15, 0.2) is 36.4 Å². The summed E-state index contributed by atoms with van der Waals surface area (Å²) in [4.78, 5) is 23.1. The Morgan fingerprint density at radius 1 is 1.11 bits per heavy atom. The van der Waals surface area contributed by atoms with Crippen molar-refractivity contribution in [3.05, 3.63) is 47.5 Å². The number of rotatable bonds is 6. The number of nitrogens with zero attached hydrogens (tertiary/aromatic N) is 4. The van der Waals surface area contributed by atoms with Gasteiger partial charge in [-0.15, -0.1) is 0 Å². The average molecular weight is 505 g/mol. The van der Waals surface area contributed by atoms with Crippen molar-refractivity contribution in [3.8, 4) is 0 Å². The number of halogens is 3. The molecule has 0 aliphatic carbocycles. The molecule has 3 heterocycles. The minimum absolute atomic E-state index is 0.0527. The number of morpholine rings is 1. The summed E-state index contributed by atoms with van der Waals surface area (Å²) >= 11 is 1.14. The van der Waals surface area contributed by atoms with E-state index in [2.05, 4.69) is 20.6 Å². The molecular formula is C23H23F3N6O2S. The van der Waals surface area contributed by atoms with Crippen LogP contribution < -0.4 is 10.6 Å². The molecule has 1 aliphatic rings. The molecule has 0 spiro atoms. The highest BCUT2D eigenvalue weighted by atomic mass is 32.1. The number of carbonyl (C=O) groups excluding carboxylic acids is 1. The lowest BCUT2D eigenvalue weighted by molar-refractivity contribution is -0.137. The first-order valence-corrected chi connectivity index (χ1v) is 11.9. The molecule has 1 fully saturated rings. The second kappa shape index (κ2) is 9.44. The third-order valence-electron chi connectivity index (χ3n) is 5.85. The molecule has 8 nitrogen and oxygen atoms in total. The lowest BCUT2D eigenvalue weighted by Gasteiger charge is -2.26. The molecule has 0 unspecified atom stereocenters. The summed E-state index contributed by atoms with van der Waals surface area (Å²) in [5.41, 5.74) is 2.42. The van der Waals surface area contributed by atoms with Gasteiger partial charge in [-0.3, -0.25) is 4.79 Å². The monoisotopic (exact) mass is 504 g/mol. The van der Waals surface area contributed by atoms with Crippen molar-refractivity contribution in [2.24, 2.45) is 7.05 Å². The Hall–Kier alpha value is -3.22. The van der Waals surface area contributed by atoms with Crippen LogP contribution in [-0.4, -0.2) is 58.2 Å². The summed E-state index contributed by atoms with van der Waals surface area (Å²) in [6.45, 7) is 3.16. The fourth-order valence-corrected chi connectivity index (χ4v) is 4.85. The lowest BCUT2D eigenvalue weighted by atomic mass is 10.2. The van der Waals surface area contributed by atoms with E-state index in [1.165, 1.54) is 6.07 Å². The van der Waals surface area contributed by atoms with Crippen molar-refractivity contribution in [3.63, 3.8) is 0 Å². The average Bonchev–Trinajstić information content (AvgIpc) is 3.38. The molecule has 2 aromatic carbocycles. The molecule has 1 aliphatic heterocycles. The Morgan fingerprint density at radius 3 is 2.69 bits per heavy atom. The number of hydrogen-bond acceptors (Lipinski definition) is 7. The van der Waals surface area contributed by atoms with Gasteiger partial charge in [-0.1, -0.05) is 17.4 Å². The standard InChI is InChI=1S/C23H23F3N6O2S/c1-31-18-5-2-14(12-27-13-20(33)32-6-8-34-9-7-32)10-17(18)28-21(31)30-22-29-16-4-3-15(23(24,25)26)11-19(16)35-22/h2-5,10-11,27H,6-9,12-13H2,1H3,(H,28,29,30). The summed E-state index contributed by atoms with van der Waals surface area (Å²) in [6, 6.07) is 9.37. The fraction of sp³-hybridized carbons (Fsp3) is 0.348. The van der Waals surface area contributed by atoms with Crippen LogP contribution in [0.5, 0.6) is 0 Å². The molecule has 0 saturated carbocycles. The number of ether oxygens (including phenoxy) is 1. The van der Waals surface area contributed by atoms with Crippen LogP contribution in [-0.2, 0) is 29.3 Å². The molecule has 0 radical (unpaired) electrons. The summed E-state index contributed by atoms with van der Waals surface area (Å²) < 4.78 is 46.6. The normalized spacial score (nSPS) is 14.7. The first kappa shape index (κ1) is 23.5. The topological polar surface area (TPSA) is 84.3 Å². The van der Waals surface area contributed by atoms with Crippen molar-refractivity contribution >= 4 is 49.6 Å². The Morgan fingerprint density at radius 2 is 1.91 bits per heavy atom. The van der Waals surface area contributed by atoms with E-state index < -0.39 is 11.7 Å². The molecule has 1 saturated heterocycles. The van der Waals surface area contributed by atoms with E-state index in [0.29, 0.717) is 54.1 Å². The van der Waals surface area contributed by atoms with Crippen LogP contribution >= 0.6 is 11.3 Å². The summed E-state index contributed by atoms with van der Waals surface area (Å²) in [5, 5.41) is 6.77. The molecule has 1 amide bonds. The quantitative estimate of drug-likeness (QED) is 0.415. The second-order valence-electron chi connectivity index (χ2n) is 8.24. The van der Waals surface area contributed by atoms with Crippen molar-refractivity contribution in [1.29, 1.82) is 0 Å². The first-order chi connectivity index (χ1) is 16.8. The molecule has 35 heavy (non-hydrogen) atoms. The van der Waals surface area contributed by atoms with E-state index in [9.17, 15) is 18.0 Å². The van der Waals surface area contributed by atoms with Crippen molar-refractivity contribution in [2.75, 3.05) is 38.2 Å². The van der Waals surface area contributed by atoms with E-state index in [0.717, 1.165) is 40.1 Å². The number of imidazole rings is 1. The smallest absolute Gasteiger partial charge is 0.378 e. The van der Waals surface area contributed by atoms with Gasteiger partial charge in [-0.05, 0) is 35.9 Å². The van der Waals surface area contributed by atoms with Gasteiger partial charge in [0, 0.05) is 26.7 Å². The Balaban J connectivity index is 1.27. The zero-order chi connectivity index (χ0) is 24.6. The van der Waals surface area contributed by atoms with Gasteiger partial charge >= 0.3 is 6.18 Å². The third-order valence-corrected chi connectivity index (χ3v) is 6.78. The lowest BCUT2D eigenvalue weighted by Crippen LogP contribution is -2.44. The number of hydrogen-bond donors (Lipinski definition) is 2. The molecule has 5 rings (SSSR count). The molecule has 2 N–H and O–H groups in total. The van der Waals surface area contributed by atoms with E-state index in [1.54, 1.807) is 4.90 Å². The van der Waals surface area contributed by atoms with Crippen molar-refractivity contribution in [1.82, 2.24) is 24.8 Å². The summed E-state index contributed by atoms with van der Waals surface area (Å²) in [6.07, 6.45) is -4.40. The molecule has 2 aromatic heterocycles. The number of carbonyl (C=O) groups is 1. The fourth-order valence-electron chi connectivity index (χ4n) is 3.96. The van der Waals surface area contributed by atoms with Gasteiger partial charge in [-0.2, -0.15) is 13.2 Å². The molecule has 0 atom stereocenters. The van der Waals surface area contributed by atoms with Crippen molar-refractivity contribution in [2.45, 2.75) is 12.7 Å². The van der Waals surface area contributed by atoms with Gasteiger partial charge in [0.1, 0.15) is 0 Å². The molecule has 4 aromatic rings. The van der Waals surface area contributed by atoms with Crippen LogP contribution in [0.3, 0.4) is 0 Å². The minimum atomic E-state index is -4.40. The van der Waals surface area contributed by atoms with Gasteiger partial charge in [0.25, 0.3) is 0 Å². The van der Waals surface area contributed by atoms with Crippen LogP contribution in [0.2, 0.25) is 0 Å². The van der Waals surface area contributed by atoms with Crippen LogP contribution in [0, 0.1) is 0 Å². The number of aromatic nitrogens is 3. The van der Waals surface area contributed by atoms with Gasteiger partial charge in [-0.25, -0.2) is 9.97 Å². The maximum Gasteiger partial charge on any atom is 0.416 e. The Labute approximate surface area is 202 Å². The Bertz CT molecular complexity index is 1380. The highest BCUT2D eigenvalue weighted by Gasteiger charge is 2.30. The van der Waals surface area contributed by atoms with Gasteiger partial charge in [0.15, 0.2) is 5.13 Å². The van der Waals surface area contributed by atoms with Crippen LogP contribution in [0.1, 0.15) is 11.1 Å². The number of amides is 1. The maximum absolute atomic E-state index is 13.0. The molecule has 0 bridgehead atoms. The predicted molar refractivity (Wildman–Crippen MR) is 128 cm³/mol. The summed E-state index contributed by atoms with van der Waals surface area (Å²) in [5.74, 6) is 0.583.